The van der Waals surface area contributed by atoms with Crippen LogP contribution in [0.25, 0.3) is 0 Å². The highest BCUT2D eigenvalue weighted by Crippen LogP contribution is 1.97. The summed E-state index contributed by atoms with van der Waals surface area (Å²) in [4.78, 5) is 22.3. The summed E-state index contributed by atoms with van der Waals surface area (Å²) in [5.41, 5.74) is 2.91. The van der Waals surface area contributed by atoms with Gasteiger partial charge in [0.15, 0.2) is 0 Å². The zero-order valence-corrected chi connectivity index (χ0v) is 11.0. The third-order valence-electron chi connectivity index (χ3n) is 1.25. The Balaban J connectivity index is 4.14. The fourth-order valence-electron chi connectivity index (χ4n) is 0.737. The van der Waals surface area contributed by atoms with Crippen molar-refractivity contribution in [2.75, 3.05) is 0 Å². The first kappa shape index (κ1) is 13.9. The number of Topliss-reactive ketones (excluding diaryl/α,β-unsaturated/α-hetero) is 1. The Kier molecular flexibility index (Phi) is 5.30. The molecule has 0 saturated heterocycles. The SMILES string of the molecule is CC(C)OC(=O)CC(=O)C#C[Si](C)(C)C. The Hall–Kier alpha value is -1.08. The molecule has 0 unspecified atom stereocenters. The Morgan fingerprint density at radius 1 is 1.27 bits per heavy atom. The molecule has 0 aromatic heterocycles. The highest BCUT2D eigenvalue weighted by molar-refractivity contribution is 6.84. The van der Waals surface area contributed by atoms with Crippen molar-refractivity contribution < 1.29 is 14.3 Å². The van der Waals surface area contributed by atoms with Crippen LogP contribution < -0.4 is 0 Å². The van der Waals surface area contributed by atoms with E-state index < -0.39 is 14.0 Å². The summed E-state index contributed by atoms with van der Waals surface area (Å²) in [5.74, 6) is 1.64. The maximum atomic E-state index is 11.2. The van der Waals surface area contributed by atoms with E-state index in [1.807, 2.05) is 19.6 Å². The van der Waals surface area contributed by atoms with E-state index in [0.717, 1.165) is 0 Å². The quantitative estimate of drug-likeness (QED) is 0.319. The molecule has 0 N–H and O–H groups in total. The van der Waals surface area contributed by atoms with E-state index in [0.29, 0.717) is 0 Å². The first-order valence-electron chi connectivity index (χ1n) is 4.96. The van der Waals surface area contributed by atoms with Crippen molar-refractivity contribution in [2.45, 2.75) is 46.0 Å². The first-order chi connectivity index (χ1) is 6.70. The highest BCUT2D eigenvalue weighted by atomic mass is 28.3. The molecule has 4 heteroatoms. The Labute approximate surface area is 92.2 Å². The molecule has 15 heavy (non-hydrogen) atoms. The molecule has 0 atom stereocenters. The summed E-state index contributed by atoms with van der Waals surface area (Å²) in [6.45, 7) is 9.62. The Morgan fingerprint density at radius 2 is 1.80 bits per heavy atom. The predicted octanol–water partition coefficient (Wildman–Crippen LogP) is 1.78. The van der Waals surface area contributed by atoms with Crippen LogP contribution in [0.1, 0.15) is 20.3 Å². The average Bonchev–Trinajstić information content (AvgIpc) is 1.97. The summed E-state index contributed by atoms with van der Waals surface area (Å²) in [7, 11) is -1.54. The summed E-state index contributed by atoms with van der Waals surface area (Å²) in [6.07, 6.45) is -0.425. The van der Waals surface area contributed by atoms with Gasteiger partial charge in [-0.3, -0.25) is 9.59 Å². The molecular weight excluding hydrogens is 208 g/mol. The molecule has 0 aliphatic carbocycles. The fourth-order valence-corrected chi connectivity index (χ4v) is 1.25. The molecule has 0 heterocycles. The van der Waals surface area contributed by atoms with E-state index >= 15 is 0 Å². The van der Waals surface area contributed by atoms with E-state index in [4.69, 9.17) is 4.74 Å². The van der Waals surface area contributed by atoms with Crippen molar-refractivity contribution in [1.29, 1.82) is 0 Å². The largest absolute Gasteiger partial charge is 0.463 e. The molecule has 0 fully saturated rings. The summed E-state index contributed by atoms with van der Waals surface area (Å²) < 4.78 is 4.84. The lowest BCUT2D eigenvalue weighted by Crippen LogP contribution is -2.18. The second kappa shape index (κ2) is 5.71. The van der Waals surface area contributed by atoms with Crippen molar-refractivity contribution >= 4 is 19.8 Å². The van der Waals surface area contributed by atoms with Gasteiger partial charge in [0.1, 0.15) is 14.5 Å². The summed E-state index contributed by atoms with van der Waals surface area (Å²) in [5, 5.41) is 0. The van der Waals surface area contributed by atoms with E-state index in [9.17, 15) is 9.59 Å². The molecule has 84 valence electrons. The van der Waals surface area contributed by atoms with Crippen LogP contribution >= 0.6 is 0 Å². The number of ether oxygens (including phenoxy) is 1. The van der Waals surface area contributed by atoms with Gasteiger partial charge in [0.2, 0.25) is 5.78 Å². The predicted molar refractivity (Wildman–Crippen MR) is 62.0 cm³/mol. The van der Waals surface area contributed by atoms with Crippen molar-refractivity contribution in [3.05, 3.63) is 0 Å². The second-order valence-corrected chi connectivity index (χ2v) is 9.39. The molecule has 0 aromatic carbocycles. The fraction of sp³-hybridized carbons (Fsp3) is 0.636. The molecule has 0 bridgehead atoms. The number of carbonyl (C=O) groups is 2. The molecule has 0 radical (unpaired) electrons. The van der Waals surface area contributed by atoms with Crippen LogP contribution in [0.5, 0.6) is 0 Å². The van der Waals surface area contributed by atoms with Crippen LogP contribution in [0.3, 0.4) is 0 Å². The van der Waals surface area contributed by atoms with Crippen LogP contribution in [0.2, 0.25) is 19.6 Å². The molecule has 0 spiro atoms. The zero-order chi connectivity index (χ0) is 12.1. The maximum Gasteiger partial charge on any atom is 0.314 e. The minimum atomic E-state index is -1.54. The van der Waals surface area contributed by atoms with Crippen molar-refractivity contribution in [3.63, 3.8) is 0 Å². The molecule has 0 aromatic rings. The van der Waals surface area contributed by atoms with Gasteiger partial charge in [-0.15, -0.1) is 5.54 Å². The molecule has 0 aliphatic heterocycles. The van der Waals surface area contributed by atoms with E-state index in [-0.39, 0.29) is 18.3 Å². The van der Waals surface area contributed by atoms with Crippen LogP contribution in [0.15, 0.2) is 0 Å². The lowest BCUT2D eigenvalue weighted by atomic mass is 10.3. The minimum Gasteiger partial charge on any atom is -0.463 e. The van der Waals surface area contributed by atoms with Gasteiger partial charge >= 0.3 is 5.97 Å². The normalized spacial score (nSPS) is 10.5. The van der Waals surface area contributed by atoms with E-state index in [1.165, 1.54) is 0 Å². The van der Waals surface area contributed by atoms with E-state index in [1.54, 1.807) is 13.8 Å². The van der Waals surface area contributed by atoms with Gasteiger partial charge in [0, 0.05) is 0 Å². The van der Waals surface area contributed by atoms with Crippen LogP contribution in [0.4, 0.5) is 0 Å². The van der Waals surface area contributed by atoms with Gasteiger partial charge in [-0.05, 0) is 19.8 Å². The number of carbonyl (C=O) groups excluding carboxylic acids is 2. The number of hydrogen-bond acceptors (Lipinski definition) is 3. The molecule has 0 rings (SSSR count). The number of esters is 1. The number of hydrogen-bond donors (Lipinski definition) is 0. The molecule has 3 nitrogen and oxygen atoms in total. The topological polar surface area (TPSA) is 43.4 Å². The maximum absolute atomic E-state index is 11.2. The summed E-state index contributed by atoms with van der Waals surface area (Å²) >= 11 is 0. The van der Waals surface area contributed by atoms with Crippen LogP contribution in [-0.2, 0) is 14.3 Å². The summed E-state index contributed by atoms with van der Waals surface area (Å²) in [6, 6.07) is 0. The standard InChI is InChI=1S/C11H18O3Si/c1-9(2)14-11(13)8-10(12)6-7-15(3,4)5/h9H,8H2,1-5H3. The van der Waals surface area contributed by atoms with Crippen molar-refractivity contribution in [2.24, 2.45) is 0 Å². The van der Waals surface area contributed by atoms with Gasteiger partial charge in [0.05, 0.1) is 6.10 Å². The van der Waals surface area contributed by atoms with Crippen molar-refractivity contribution in [1.82, 2.24) is 0 Å². The van der Waals surface area contributed by atoms with Gasteiger partial charge < -0.3 is 4.74 Å². The lowest BCUT2D eigenvalue weighted by Gasteiger charge is -2.06. The Bertz CT molecular complexity index is 302. The first-order valence-corrected chi connectivity index (χ1v) is 8.46. The van der Waals surface area contributed by atoms with Gasteiger partial charge in [-0.2, -0.15) is 0 Å². The van der Waals surface area contributed by atoms with Crippen LogP contribution in [0, 0.1) is 11.5 Å². The number of ketones is 1. The average molecular weight is 226 g/mol. The smallest absolute Gasteiger partial charge is 0.314 e. The number of rotatable bonds is 3. The zero-order valence-electron chi connectivity index (χ0n) is 10.0. The Morgan fingerprint density at radius 3 is 2.20 bits per heavy atom. The molecular formula is C11H18O3Si. The monoisotopic (exact) mass is 226 g/mol. The molecule has 0 saturated carbocycles. The third-order valence-corrected chi connectivity index (χ3v) is 2.12. The van der Waals surface area contributed by atoms with Crippen LogP contribution in [-0.4, -0.2) is 25.9 Å². The third kappa shape index (κ3) is 9.23. The minimum absolute atomic E-state index is 0.185. The van der Waals surface area contributed by atoms with Crippen molar-refractivity contribution in [3.8, 4) is 11.5 Å². The van der Waals surface area contributed by atoms with E-state index in [2.05, 4.69) is 11.5 Å². The lowest BCUT2D eigenvalue weighted by molar-refractivity contribution is -0.148. The second-order valence-electron chi connectivity index (χ2n) is 4.64. The van der Waals surface area contributed by atoms with Gasteiger partial charge in [-0.1, -0.05) is 19.6 Å². The highest BCUT2D eigenvalue weighted by Gasteiger charge is 2.12. The molecule has 0 amide bonds. The van der Waals surface area contributed by atoms with Gasteiger partial charge in [0.25, 0.3) is 0 Å². The van der Waals surface area contributed by atoms with Gasteiger partial charge in [-0.25, -0.2) is 0 Å². The molecule has 0 aliphatic rings.